The number of nitrogens with zero attached hydrogens (tertiary/aromatic N) is 3. The van der Waals surface area contributed by atoms with Gasteiger partial charge >= 0.3 is 6.18 Å². The summed E-state index contributed by atoms with van der Waals surface area (Å²) >= 11 is 0. The highest BCUT2D eigenvalue weighted by atomic mass is 19.4. The van der Waals surface area contributed by atoms with Crippen LogP contribution >= 0.6 is 0 Å². The monoisotopic (exact) mass is 271 g/mol. The van der Waals surface area contributed by atoms with Crippen LogP contribution < -0.4 is 0 Å². The Morgan fingerprint density at radius 1 is 1.26 bits per heavy atom. The number of imidazole rings is 1. The fraction of sp³-hybridized carbons (Fsp3) is 0.182. The topological polar surface area (TPSA) is 61.0 Å². The molecule has 1 aromatic carbocycles. The van der Waals surface area contributed by atoms with Gasteiger partial charge in [0.05, 0.1) is 11.1 Å². The fourth-order valence-corrected chi connectivity index (χ4v) is 1.69. The standard InChI is InChI=1S/C11H8F3N3O2/c1-7-15-6-10(11(12,13)14)16(7)8-2-4-9(5-3-8)17(18)19/h2-6H,1H3. The Morgan fingerprint density at radius 3 is 2.32 bits per heavy atom. The third-order valence-corrected chi connectivity index (χ3v) is 2.55. The van der Waals surface area contributed by atoms with E-state index in [9.17, 15) is 23.3 Å². The molecule has 5 nitrogen and oxygen atoms in total. The molecule has 1 aromatic heterocycles. The number of aromatic nitrogens is 2. The van der Waals surface area contributed by atoms with Crippen molar-refractivity contribution in [1.82, 2.24) is 9.55 Å². The second-order valence-electron chi connectivity index (χ2n) is 3.80. The van der Waals surface area contributed by atoms with Crippen molar-refractivity contribution in [1.29, 1.82) is 0 Å². The molecule has 0 aliphatic carbocycles. The minimum Gasteiger partial charge on any atom is -0.293 e. The van der Waals surface area contributed by atoms with Gasteiger partial charge in [-0.2, -0.15) is 13.2 Å². The van der Waals surface area contributed by atoms with Gasteiger partial charge in [-0.15, -0.1) is 0 Å². The van der Waals surface area contributed by atoms with Crippen LogP contribution in [-0.2, 0) is 6.18 Å². The van der Waals surface area contributed by atoms with Crippen molar-refractivity contribution in [2.24, 2.45) is 0 Å². The zero-order chi connectivity index (χ0) is 14.2. The number of non-ortho nitro benzene ring substituents is 1. The van der Waals surface area contributed by atoms with Crippen LogP contribution in [-0.4, -0.2) is 14.5 Å². The molecule has 8 heteroatoms. The SMILES string of the molecule is Cc1ncc(C(F)(F)F)n1-c1ccc([N+](=O)[O-])cc1. The van der Waals surface area contributed by atoms with Crippen molar-refractivity contribution in [2.45, 2.75) is 13.1 Å². The average Bonchev–Trinajstić information content (AvgIpc) is 2.71. The molecule has 0 unspecified atom stereocenters. The molecule has 100 valence electrons. The molecule has 0 spiro atoms. The van der Waals surface area contributed by atoms with Gasteiger partial charge in [0, 0.05) is 17.8 Å². The van der Waals surface area contributed by atoms with Gasteiger partial charge in [0.2, 0.25) is 0 Å². The van der Waals surface area contributed by atoms with Gasteiger partial charge in [-0.3, -0.25) is 14.7 Å². The normalized spacial score (nSPS) is 11.6. The highest BCUT2D eigenvalue weighted by Gasteiger charge is 2.36. The van der Waals surface area contributed by atoms with Gasteiger partial charge in [0.25, 0.3) is 5.69 Å². The van der Waals surface area contributed by atoms with Gasteiger partial charge in [0.1, 0.15) is 11.5 Å². The van der Waals surface area contributed by atoms with E-state index < -0.39 is 16.8 Å². The highest BCUT2D eigenvalue weighted by molar-refractivity contribution is 5.43. The Bertz CT molecular complexity index is 617. The molecule has 0 atom stereocenters. The van der Waals surface area contributed by atoms with E-state index in [1.807, 2.05) is 0 Å². The second-order valence-corrected chi connectivity index (χ2v) is 3.80. The van der Waals surface area contributed by atoms with Crippen molar-refractivity contribution in [3.8, 4) is 5.69 Å². The summed E-state index contributed by atoms with van der Waals surface area (Å²) in [5.74, 6) is 0.154. The van der Waals surface area contributed by atoms with Gasteiger partial charge in [0.15, 0.2) is 0 Å². The van der Waals surface area contributed by atoms with Crippen LogP contribution in [0, 0.1) is 17.0 Å². The quantitative estimate of drug-likeness (QED) is 0.622. The van der Waals surface area contributed by atoms with Crippen LogP contribution in [0.5, 0.6) is 0 Å². The first-order chi connectivity index (χ1) is 8.80. The van der Waals surface area contributed by atoms with E-state index >= 15 is 0 Å². The first-order valence-electron chi connectivity index (χ1n) is 5.17. The molecule has 0 radical (unpaired) electrons. The summed E-state index contributed by atoms with van der Waals surface area (Å²) in [7, 11) is 0. The molecule has 0 aliphatic rings. The summed E-state index contributed by atoms with van der Waals surface area (Å²) < 4.78 is 39.3. The first kappa shape index (κ1) is 13.1. The number of benzene rings is 1. The predicted octanol–water partition coefficient (Wildman–Crippen LogP) is 3.11. The molecule has 0 fully saturated rings. The van der Waals surface area contributed by atoms with Crippen LogP contribution in [0.4, 0.5) is 18.9 Å². The number of hydrogen-bond donors (Lipinski definition) is 0. The van der Waals surface area contributed by atoms with Crippen LogP contribution in [0.1, 0.15) is 11.5 Å². The van der Waals surface area contributed by atoms with E-state index in [0.29, 0.717) is 0 Å². The van der Waals surface area contributed by atoms with E-state index in [-0.39, 0.29) is 17.2 Å². The molecule has 0 saturated carbocycles. The smallest absolute Gasteiger partial charge is 0.293 e. The van der Waals surface area contributed by atoms with Crippen LogP contribution in [0.25, 0.3) is 5.69 Å². The average molecular weight is 271 g/mol. The molecule has 0 aliphatic heterocycles. The summed E-state index contributed by atoms with van der Waals surface area (Å²) in [6.45, 7) is 1.43. The van der Waals surface area contributed by atoms with Crippen molar-refractivity contribution < 1.29 is 18.1 Å². The van der Waals surface area contributed by atoms with Crippen LogP contribution in [0.15, 0.2) is 30.5 Å². The molecule has 2 rings (SSSR count). The molecule has 0 amide bonds. The summed E-state index contributed by atoms with van der Waals surface area (Å²) in [4.78, 5) is 13.5. The lowest BCUT2D eigenvalue weighted by molar-refractivity contribution is -0.384. The lowest BCUT2D eigenvalue weighted by atomic mass is 10.2. The van der Waals surface area contributed by atoms with Crippen molar-refractivity contribution in [2.75, 3.05) is 0 Å². The molecular weight excluding hydrogens is 263 g/mol. The van der Waals surface area contributed by atoms with Crippen LogP contribution in [0.3, 0.4) is 0 Å². The van der Waals surface area contributed by atoms with Gasteiger partial charge in [-0.25, -0.2) is 4.98 Å². The minimum atomic E-state index is -4.54. The van der Waals surface area contributed by atoms with E-state index in [2.05, 4.69) is 4.98 Å². The zero-order valence-electron chi connectivity index (χ0n) is 9.68. The number of nitro groups is 1. The van der Waals surface area contributed by atoms with Gasteiger partial charge < -0.3 is 0 Å². The maximum absolute atomic E-state index is 12.8. The van der Waals surface area contributed by atoms with Gasteiger partial charge in [-0.1, -0.05) is 0 Å². The molecule has 0 bridgehead atoms. The lowest BCUT2D eigenvalue weighted by Crippen LogP contribution is -2.13. The Kier molecular flexibility index (Phi) is 3.01. The molecule has 0 N–H and O–H groups in total. The van der Waals surface area contributed by atoms with E-state index in [0.717, 1.165) is 22.9 Å². The number of nitro benzene ring substituents is 1. The third kappa shape index (κ3) is 2.42. The predicted molar refractivity (Wildman–Crippen MR) is 60.0 cm³/mol. The van der Waals surface area contributed by atoms with E-state index in [4.69, 9.17) is 0 Å². The maximum Gasteiger partial charge on any atom is 0.433 e. The number of rotatable bonds is 2. The molecule has 1 heterocycles. The maximum atomic E-state index is 12.8. The summed E-state index contributed by atoms with van der Waals surface area (Å²) in [5, 5.41) is 10.5. The zero-order valence-corrected chi connectivity index (χ0v) is 9.68. The second kappa shape index (κ2) is 4.38. The van der Waals surface area contributed by atoms with Crippen molar-refractivity contribution in [3.63, 3.8) is 0 Å². The minimum absolute atomic E-state index is 0.154. The summed E-state index contributed by atoms with van der Waals surface area (Å²) in [6.07, 6.45) is -3.81. The molecule has 0 saturated heterocycles. The number of aryl methyl sites for hydroxylation is 1. The Hall–Kier alpha value is -2.38. The summed E-state index contributed by atoms with van der Waals surface area (Å²) in [6, 6.07) is 4.80. The fourth-order valence-electron chi connectivity index (χ4n) is 1.69. The highest BCUT2D eigenvalue weighted by Crippen LogP contribution is 2.32. The number of alkyl halides is 3. The Balaban J connectivity index is 2.53. The number of halogens is 3. The largest absolute Gasteiger partial charge is 0.433 e. The molecule has 2 aromatic rings. The Morgan fingerprint density at radius 2 is 1.84 bits per heavy atom. The third-order valence-electron chi connectivity index (χ3n) is 2.55. The lowest BCUT2D eigenvalue weighted by Gasteiger charge is -2.12. The molecule has 19 heavy (non-hydrogen) atoms. The van der Waals surface area contributed by atoms with E-state index in [1.54, 1.807) is 0 Å². The summed E-state index contributed by atoms with van der Waals surface area (Å²) in [5.41, 5.74) is -0.929. The van der Waals surface area contributed by atoms with Crippen molar-refractivity contribution >= 4 is 5.69 Å². The van der Waals surface area contributed by atoms with Crippen LogP contribution in [0.2, 0.25) is 0 Å². The first-order valence-corrected chi connectivity index (χ1v) is 5.17. The van der Waals surface area contributed by atoms with Crippen molar-refractivity contribution in [3.05, 3.63) is 52.1 Å². The van der Waals surface area contributed by atoms with Gasteiger partial charge in [-0.05, 0) is 19.1 Å². The molecular formula is C11H8F3N3O2. The number of hydrogen-bond acceptors (Lipinski definition) is 3. The van der Waals surface area contributed by atoms with E-state index in [1.165, 1.54) is 19.1 Å². The Labute approximate surface area is 105 Å².